The van der Waals surface area contributed by atoms with Crippen LogP contribution in [-0.4, -0.2) is 23.5 Å². The summed E-state index contributed by atoms with van der Waals surface area (Å²) in [4.78, 5) is 25.9. The zero-order chi connectivity index (χ0) is 27.1. The van der Waals surface area contributed by atoms with Crippen LogP contribution >= 0.6 is 23.1 Å². The predicted molar refractivity (Wildman–Crippen MR) is 153 cm³/mol. The van der Waals surface area contributed by atoms with Crippen molar-refractivity contribution in [1.29, 1.82) is 0 Å². The number of carbonyl (C=O) groups is 2. The third-order valence-corrected chi connectivity index (χ3v) is 9.07. The van der Waals surface area contributed by atoms with Gasteiger partial charge in [-0.15, -0.1) is 0 Å². The standard InChI is InChI=1S/C31H27ClN2O4S/c1-18-27(33-30(36)38-17-22-5-3-4-6-26(22)32)28(39-34-18)21-9-11-24-19(15-21)7-8-20-16-23(10-12-25(20)24)31(13-14-31)29(35)37-2/h3-6,9-12,15-16H,7-8,13-14,17H2,1-2H3,(H,33,36). The lowest BCUT2D eigenvalue weighted by Gasteiger charge is -2.23. The molecule has 1 aromatic heterocycles. The second-order valence-corrected chi connectivity index (χ2v) is 11.3. The van der Waals surface area contributed by atoms with Gasteiger partial charge in [-0.1, -0.05) is 60.1 Å². The van der Waals surface area contributed by atoms with Gasteiger partial charge in [0.1, 0.15) is 6.61 Å². The molecule has 0 radical (unpaired) electrons. The average Bonchev–Trinajstić information content (AvgIpc) is 3.70. The highest BCUT2D eigenvalue weighted by Gasteiger charge is 2.52. The minimum atomic E-state index is -0.553. The number of hydrogen-bond donors (Lipinski definition) is 1. The Morgan fingerprint density at radius 3 is 2.46 bits per heavy atom. The minimum absolute atomic E-state index is 0.0815. The van der Waals surface area contributed by atoms with E-state index in [-0.39, 0.29) is 12.6 Å². The van der Waals surface area contributed by atoms with Crippen molar-refractivity contribution in [3.05, 3.63) is 93.6 Å². The Morgan fingerprint density at radius 2 is 1.74 bits per heavy atom. The zero-order valence-corrected chi connectivity index (χ0v) is 23.2. The first-order chi connectivity index (χ1) is 18.9. The highest BCUT2D eigenvalue weighted by Crippen LogP contribution is 2.50. The van der Waals surface area contributed by atoms with Crippen LogP contribution in [0.25, 0.3) is 21.6 Å². The molecule has 1 fully saturated rings. The lowest BCUT2D eigenvalue weighted by Crippen LogP contribution is -2.22. The number of fused-ring (bicyclic) bond motifs is 3. The van der Waals surface area contributed by atoms with Crippen molar-refractivity contribution in [3.8, 4) is 21.6 Å². The molecule has 1 amide bonds. The number of benzene rings is 3. The fraction of sp³-hybridized carbons (Fsp3) is 0.258. The van der Waals surface area contributed by atoms with Crippen LogP contribution in [0.15, 0.2) is 60.7 Å². The number of carbonyl (C=O) groups excluding carboxylic acids is 2. The summed E-state index contributed by atoms with van der Waals surface area (Å²) < 4.78 is 15.0. The third kappa shape index (κ3) is 4.70. The molecule has 39 heavy (non-hydrogen) atoms. The molecular weight excluding hydrogens is 532 g/mol. The van der Waals surface area contributed by atoms with Gasteiger partial charge in [-0.2, -0.15) is 4.37 Å². The number of amides is 1. The maximum atomic E-state index is 12.6. The molecule has 1 N–H and O–H groups in total. The summed E-state index contributed by atoms with van der Waals surface area (Å²) in [7, 11) is 1.46. The molecule has 2 aliphatic carbocycles. The van der Waals surface area contributed by atoms with Gasteiger partial charge in [-0.25, -0.2) is 4.79 Å². The Kier molecular flexibility index (Phi) is 6.65. The van der Waals surface area contributed by atoms with Crippen LogP contribution in [0.5, 0.6) is 0 Å². The van der Waals surface area contributed by atoms with Crippen LogP contribution in [0.1, 0.15) is 40.8 Å². The number of anilines is 1. The summed E-state index contributed by atoms with van der Waals surface area (Å²) >= 11 is 7.54. The Hall–Kier alpha value is -3.68. The maximum absolute atomic E-state index is 12.6. The Labute approximate surface area is 236 Å². The molecule has 8 heteroatoms. The highest BCUT2D eigenvalue weighted by atomic mass is 35.5. The van der Waals surface area contributed by atoms with Crippen LogP contribution in [-0.2, 0) is 39.1 Å². The summed E-state index contributed by atoms with van der Waals surface area (Å²) in [5.41, 5.74) is 8.65. The van der Waals surface area contributed by atoms with Crippen molar-refractivity contribution >= 4 is 40.9 Å². The molecule has 1 saturated carbocycles. The van der Waals surface area contributed by atoms with E-state index in [0.717, 1.165) is 52.9 Å². The highest BCUT2D eigenvalue weighted by molar-refractivity contribution is 7.10. The van der Waals surface area contributed by atoms with Gasteiger partial charge < -0.3 is 9.47 Å². The van der Waals surface area contributed by atoms with Gasteiger partial charge in [0.2, 0.25) is 0 Å². The fourth-order valence-corrected chi connectivity index (χ4v) is 6.41. The molecule has 198 valence electrons. The number of ether oxygens (including phenoxy) is 2. The average molecular weight is 559 g/mol. The van der Waals surface area contributed by atoms with Crippen molar-refractivity contribution < 1.29 is 19.1 Å². The van der Waals surface area contributed by atoms with Crippen molar-refractivity contribution in [2.75, 3.05) is 12.4 Å². The molecule has 6 nitrogen and oxygen atoms in total. The molecule has 0 aliphatic heterocycles. The topological polar surface area (TPSA) is 77.5 Å². The van der Waals surface area contributed by atoms with Gasteiger partial charge in [0.05, 0.1) is 28.8 Å². The van der Waals surface area contributed by atoms with Crippen molar-refractivity contribution in [2.45, 2.75) is 44.6 Å². The maximum Gasteiger partial charge on any atom is 0.412 e. The summed E-state index contributed by atoms with van der Waals surface area (Å²) in [5, 5.41) is 3.45. The second kappa shape index (κ2) is 10.1. The largest absolute Gasteiger partial charge is 0.468 e. The van der Waals surface area contributed by atoms with Gasteiger partial charge in [-0.05, 0) is 89.7 Å². The van der Waals surface area contributed by atoms with Gasteiger partial charge in [0.15, 0.2) is 0 Å². The first-order valence-corrected chi connectivity index (χ1v) is 14.0. The summed E-state index contributed by atoms with van der Waals surface area (Å²) in [5.74, 6) is -0.139. The molecule has 0 saturated heterocycles. The second-order valence-electron chi connectivity index (χ2n) is 10.1. The van der Waals surface area contributed by atoms with Crippen molar-refractivity contribution in [1.82, 2.24) is 4.37 Å². The van der Waals surface area contributed by atoms with E-state index in [9.17, 15) is 9.59 Å². The van der Waals surface area contributed by atoms with Crippen molar-refractivity contribution in [2.24, 2.45) is 0 Å². The smallest absolute Gasteiger partial charge is 0.412 e. The molecule has 6 rings (SSSR count). The number of aromatic nitrogens is 1. The van der Waals surface area contributed by atoms with Crippen LogP contribution in [0.3, 0.4) is 0 Å². The molecule has 0 bridgehead atoms. The van der Waals surface area contributed by atoms with E-state index in [1.165, 1.54) is 40.9 Å². The predicted octanol–water partition coefficient (Wildman–Crippen LogP) is 7.49. The number of hydrogen-bond acceptors (Lipinski definition) is 6. The lowest BCUT2D eigenvalue weighted by atomic mass is 9.82. The number of methoxy groups -OCH3 is 1. The van der Waals surface area contributed by atoms with E-state index in [2.05, 4.69) is 46.1 Å². The zero-order valence-electron chi connectivity index (χ0n) is 21.7. The molecule has 0 atom stereocenters. The molecule has 0 spiro atoms. The summed E-state index contributed by atoms with van der Waals surface area (Å²) in [6.07, 6.45) is 2.93. The lowest BCUT2D eigenvalue weighted by molar-refractivity contribution is -0.143. The SMILES string of the molecule is COC(=O)C1(c2ccc3c(c2)CCc2cc(-c4snc(C)c4NC(=O)OCc4ccccc4Cl)ccc2-3)CC1. The summed E-state index contributed by atoms with van der Waals surface area (Å²) in [6, 6.07) is 20.1. The normalized spacial score (nSPS) is 14.6. The van der Waals surface area contributed by atoms with Crippen molar-refractivity contribution in [3.63, 3.8) is 0 Å². The number of halogens is 1. The molecular formula is C31H27ClN2O4S. The quantitative estimate of drug-likeness (QED) is 0.248. The van der Waals surface area contributed by atoms with Crippen LogP contribution in [0, 0.1) is 6.92 Å². The molecule has 0 unspecified atom stereocenters. The third-order valence-electron chi connectivity index (χ3n) is 7.71. The monoisotopic (exact) mass is 558 g/mol. The van der Waals surface area contributed by atoms with E-state index >= 15 is 0 Å². The van der Waals surface area contributed by atoms with E-state index in [1.807, 2.05) is 25.1 Å². The molecule has 1 heterocycles. The number of esters is 1. The number of nitrogens with zero attached hydrogens (tertiary/aromatic N) is 1. The van der Waals surface area contributed by atoms with E-state index < -0.39 is 11.5 Å². The fourth-order valence-electron chi connectivity index (χ4n) is 5.38. The molecule has 4 aromatic rings. The number of nitrogens with one attached hydrogen (secondary N) is 1. The first kappa shape index (κ1) is 25.6. The van der Waals surface area contributed by atoms with Gasteiger partial charge >= 0.3 is 12.1 Å². The number of aryl methyl sites for hydroxylation is 3. The Balaban J connectivity index is 1.23. The van der Waals surface area contributed by atoms with E-state index in [0.29, 0.717) is 10.7 Å². The van der Waals surface area contributed by atoms with Crippen LogP contribution in [0.2, 0.25) is 5.02 Å². The van der Waals surface area contributed by atoms with Gasteiger partial charge in [0, 0.05) is 10.6 Å². The molecule has 3 aromatic carbocycles. The van der Waals surface area contributed by atoms with E-state index in [4.69, 9.17) is 21.1 Å². The van der Waals surface area contributed by atoms with Gasteiger partial charge in [0.25, 0.3) is 0 Å². The van der Waals surface area contributed by atoms with Crippen LogP contribution < -0.4 is 5.32 Å². The Bertz CT molecular complexity index is 1610. The van der Waals surface area contributed by atoms with Crippen LogP contribution in [0.4, 0.5) is 10.5 Å². The summed E-state index contributed by atoms with van der Waals surface area (Å²) in [6.45, 7) is 1.95. The molecule has 2 aliphatic rings. The van der Waals surface area contributed by atoms with Gasteiger partial charge in [-0.3, -0.25) is 10.1 Å². The van der Waals surface area contributed by atoms with E-state index in [1.54, 1.807) is 6.07 Å². The Morgan fingerprint density at radius 1 is 1.03 bits per heavy atom. The number of rotatable bonds is 6. The first-order valence-electron chi connectivity index (χ1n) is 12.9. The minimum Gasteiger partial charge on any atom is -0.468 e.